The number of fused-ring (bicyclic) bond motifs is 1. The second-order valence-electron chi connectivity index (χ2n) is 4.72. The predicted octanol–water partition coefficient (Wildman–Crippen LogP) is 3.41. The van der Waals surface area contributed by atoms with Gasteiger partial charge >= 0.3 is 0 Å². The molecule has 1 atom stereocenters. The second kappa shape index (κ2) is 5.01. The van der Waals surface area contributed by atoms with Gasteiger partial charge in [0.1, 0.15) is 0 Å². The Balaban J connectivity index is 2.54. The summed E-state index contributed by atoms with van der Waals surface area (Å²) in [4.78, 5) is 0. The molecule has 0 aliphatic heterocycles. The van der Waals surface area contributed by atoms with Crippen molar-refractivity contribution in [2.75, 3.05) is 7.05 Å². The van der Waals surface area contributed by atoms with Gasteiger partial charge in [-0.1, -0.05) is 26.0 Å². The summed E-state index contributed by atoms with van der Waals surface area (Å²) in [6, 6.07) is 5.27. The van der Waals surface area contributed by atoms with Gasteiger partial charge in [0.25, 0.3) is 0 Å². The van der Waals surface area contributed by atoms with Crippen LogP contribution in [-0.2, 0) is 19.3 Å². The Hall–Kier alpha value is -0.820. The van der Waals surface area contributed by atoms with Crippen LogP contribution in [0.25, 0.3) is 0 Å². The topological polar surface area (TPSA) is 12.0 Å². The van der Waals surface area contributed by atoms with E-state index in [0.717, 1.165) is 6.42 Å². The summed E-state index contributed by atoms with van der Waals surface area (Å²) >= 11 is 0. The third kappa shape index (κ3) is 1.89. The van der Waals surface area contributed by atoms with E-state index in [1.54, 1.807) is 22.3 Å². The fraction of sp³-hybridized carbons (Fsp3) is 0.600. The Morgan fingerprint density at radius 1 is 1.19 bits per heavy atom. The van der Waals surface area contributed by atoms with Crippen LogP contribution in [0.3, 0.4) is 0 Å². The number of hydrogen-bond donors (Lipinski definition) is 1. The molecule has 0 amide bonds. The minimum Gasteiger partial charge on any atom is -0.313 e. The maximum atomic E-state index is 3.49. The zero-order valence-corrected chi connectivity index (χ0v) is 10.8. The molecule has 0 heterocycles. The van der Waals surface area contributed by atoms with Crippen molar-refractivity contribution in [1.29, 1.82) is 0 Å². The first-order valence-corrected chi connectivity index (χ1v) is 6.62. The molecule has 88 valence electrons. The lowest BCUT2D eigenvalue weighted by Gasteiger charge is -2.29. The van der Waals surface area contributed by atoms with Crippen molar-refractivity contribution >= 4 is 0 Å². The molecule has 0 aromatic heterocycles. The van der Waals surface area contributed by atoms with Crippen molar-refractivity contribution in [3.05, 3.63) is 34.4 Å². The zero-order valence-electron chi connectivity index (χ0n) is 10.8. The van der Waals surface area contributed by atoms with Crippen LogP contribution in [0.4, 0.5) is 0 Å². The molecule has 1 aliphatic carbocycles. The van der Waals surface area contributed by atoms with Gasteiger partial charge < -0.3 is 5.32 Å². The third-order valence-electron chi connectivity index (χ3n) is 3.92. The molecule has 0 spiro atoms. The van der Waals surface area contributed by atoms with E-state index < -0.39 is 0 Å². The molecule has 1 aliphatic rings. The molecule has 2 rings (SSSR count). The van der Waals surface area contributed by atoms with Crippen LogP contribution in [0.15, 0.2) is 12.1 Å². The average Bonchev–Trinajstić information content (AvgIpc) is 2.36. The van der Waals surface area contributed by atoms with Crippen LogP contribution < -0.4 is 5.32 Å². The lowest BCUT2D eigenvalue weighted by Crippen LogP contribution is -2.24. The quantitative estimate of drug-likeness (QED) is 0.818. The predicted molar refractivity (Wildman–Crippen MR) is 69.9 cm³/mol. The standard InChI is InChI=1S/C15H23N/c1-4-11-9-10-12(5-2)15-13(11)7-6-8-14(15)16-3/h9-10,14,16H,4-8H2,1-3H3. The molecule has 0 saturated carbocycles. The highest BCUT2D eigenvalue weighted by Gasteiger charge is 2.22. The van der Waals surface area contributed by atoms with Gasteiger partial charge in [-0.25, -0.2) is 0 Å². The molecule has 0 radical (unpaired) electrons. The maximum absolute atomic E-state index is 3.49. The highest BCUT2D eigenvalue weighted by atomic mass is 14.9. The highest BCUT2D eigenvalue weighted by molar-refractivity contribution is 5.44. The number of hydrogen-bond acceptors (Lipinski definition) is 1. The van der Waals surface area contributed by atoms with Crippen molar-refractivity contribution < 1.29 is 0 Å². The summed E-state index contributed by atoms with van der Waals surface area (Å²) in [6.07, 6.45) is 6.24. The summed E-state index contributed by atoms with van der Waals surface area (Å²) < 4.78 is 0. The zero-order chi connectivity index (χ0) is 11.5. The average molecular weight is 217 g/mol. The fourth-order valence-corrected chi connectivity index (χ4v) is 3.04. The first-order valence-electron chi connectivity index (χ1n) is 6.62. The minimum atomic E-state index is 0.588. The smallest absolute Gasteiger partial charge is 0.0323 e. The summed E-state index contributed by atoms with van der Waals surface area (Å²) in [6.45, 7) is 4.53. The van der Waals surface area contributed by atoms with Gasteiger partial charge in [-0.3, -0.25) is 0 Å². The largest absolute Gasteiger partial charge is 0.313 e. The summed E-state index contributed by atoms with van der Waals surface area (Å²) in [5.41, 5.74) is 6.38. The maximum Gasteiger partial charge on any atom is 0.0323 e. The van der Waals surface area contributed by atoms with Gasteiger partial charge in [0.15, 0.2) is 0 Å². The van der Waals surface area contributed by atoms with Crippen LogP contribution in [0, 0.1) is 0 Å². The lowest BCUT2D eigenvalue weighted by atomic mass is 9.81. The van der Waals surface area contributed by atoms with E-state index in [0.29, 0.717) is 6.04 Å². The SMILES string of the molecule is CCc1ccc(CC)c2c1CCCC2NC. The van der Waals surface area contributed by atoms with E-state index >= 15 is 0 Å². The molecule has 16 heavy (non-hydrogen) atoms. The van der Waals surface area contributed by atoms with Crippen LogP contribution in [0.2, 0.25) is 0 Å². The van der Waals surface area contributed by atoms with Gasteiger partial charge in [0.05, 0.1) is 0 Å². The van der Waals surface area contributed by atoms with Gasteiger partial charge in [0.2, 0.25) is 0 Å². The molecule has 1 unspecified atom stereocenters. The molecule has 0 fully saturated rings. The first kappa shape index (κ1) is 11.7. The minimum absolute atomic E-state index is 0.588. The van der Waals surface area contributed by atoms with Crippen molar-refractivity contribution in [3.8, 4) is 0 Å². The monoisotopic (exact) mass is 217 g/mol. The van der Waals surface area contributed by atoms with Crippen LogP contribution in [0.1, 0.15) is 55.0 Å². The van der Waals surface area contributed by atoms with E-state index in [1.807, 2.05) is 0 Å². The summed E-state index contributed by atoms with van der Waals surface area (Å²) in [5, 5.41) is 3.49. The van der Waals surface area contributed by atoms with Gasteiger partial charge in [-0.15, -0.1) is 0 Å². The van der Waals surface area contributed by atoms with Gasteiger partial charge in [0, 0.05) is 6.04 Å². The Morgan fingerprint density at radius 2 is 1.88 bits per heavy atom. The molecular formula is C15H23N. The highest BCUT2D eigenvalue weighted by Crippen LogP contribution is 2.34. The Morgan fingerprint density at radius 3 is 2.50 bits per heavy atom. The molecular weight excluding hydrogens is 194 g/mol. The number of benzene rings is 1. The van der Waals surface area contributed by atoms with Crippen LogP contribution >= 0.6 is 0 Å². The number of rotatable bonds is 3. The van der Waals surface area contributed by atoms with Crippen molar-refractivity contribution in [1.82, 2.24) is 5.32 Å². The van der Waals surface area contributed by atoms with Gasteiger partial charge in [-0.2, -0.15) is 0 Å². The van der Waals surface area contributed by atoms with E-state index in [2.05, 4.69) is 38.3 Å². The Labute approximate surface area is 99.3 Å². The number of nitrogens with one attached hydrogen (secondary N) is 1. The van der Waals surface area contributed by atoms with Crippen molar-refractivity contribution in [3.63, 3.8) is 0 Å². The summed E-state index contributed by atoms with van der Waals surface area (Å²) in [7, 11) is 2.10. The Bertz CT molecular complexity index is 368. The molecule has 1 N–H and O–H groups in total. The van der Waals surface area contributed by atoms with Crippen molar-refractivity contribution in [2.45, 2.75) is 52.0 Å². The summed E-state index contributed by atoms with van der Waals surface area (Å²) in [5.74, 6) is 0. The van der Waals surface area contributed by atoms with Crippen LogP contribution in [0.5, 0.6) is 0 Å². The van der Waals surface area contributed by atoms with E-state index in [4.69, 9.17) is 0 Å². The molecule has 1 heteroatoms. The Kier molecular flexibility index (Phi) is 3.65. The molecule has 0 saturated heterocycles. The lowest BCUT2D eigenvalue weighted by molar-refractivity contribution is 0.490. The molecule has 1 aromatic rings. The number of aryl methyl sites for hydroxylation is 2. The fourth-order valence-electron chi connectivity index (χ4n) is 3.04. The molecule has 1 aromatic carbocycles. The van der Waals surface area contributed by atoms with E-state index in [1.165, 1.54) is 25.7 Å². The van der Waals surface area contributed by atoms with E-state index in [-0.39, 0.29) is 0 Å². The van der Waals surface area contributed by atoms with E-state index in [9.17, 15) is 0 Å². The third-order valence-corrected chi connectivity index (χ3v) is 3.92. The van der Waals surface area contributed by atoms with Crippen LogP contribution in [-0.4, -0.2) is 7.05 Å². The molecule has 1 nitrogen and oxygen atoms in total. The van der Waals surface area contributed by atoms with Gasteiger partial charge in [-0.05, 0) is 61.4 Å². The normalized spacial score (nSPS) is 19.6. The molecule has 0 bridgehead atoms. The second-order valence-corrected chi connectivity index (χ2v) is 4.72. The van der Waals surface area contributed by atoms with Crippen molar-refractivity contribution in [2.24, 2.45) is 0 Å². The first-order chi connectivity index (χ1) is 7.81.